The largest absolute Gasteiger partial charge is 0.360 e. The molecule has 0 spiro atoms. The Morgan fingerprint density at radius 3 is 2.38 bits per heavy atom. The maximum atomic E-state index is 13.7. The predicted octanol–water partition coefficient (Wildman–Crippen LogP) is 5.48. The van der Waals surface area contributed by atoms with Gasteiger partial charge in [-0.25, -0.2) is 0 Å². The maximum Gasteiger partial charge on any atom is 0.186 e. The van der Waals surface area contributed by atoms with Gasteiger partial charge in [0.1, 0.15) is 0 Å². The highest BCUT2D eigenvalue weighted by Crippen LogP contribution is 2.25. The molecule has 1 saturated heterocycles. The number of rotatable bonds is 8. The average Bonchev–Trinajstić information content (AvgIpc) is 3.51. The number of aromatic amines is 1. The number of aromatic nitrogens is 1. The van der Waals surface area contributed by atoms with Crippen LogP contribution in [-0.4, -0.2) is 28.8 Å². The Labute approximate surface area is 189 Å². The van der Waals surface area contributed by atoms with E-state index in [1.165, 1.54) is 37.1 Å². The van der Waals surface area contributed by atoms with Gasteiger partial charge in [-0.2, -0.15) is 0 Å². The summed E-state index contributed by atoms with van der Waals surface area (Å²) in [7, 11) is 0. The van der Waals surface area contributed by atoms with Crippen LogP contribution in [0.4, 0.5) is 0 Å². The second-order valence-corrected chi connectivity index (χ2v) is 8.59. The van der Waals surface area contributed by atoms with Crippen LogP contribution in [0.1, 0.15) is 45.9 Å². The third-order valence-electron chi connectivity index (χ3n) is 6.46. The molecule has 1 aliphatic heterocycles. The zero-order valence-corrected chi connectivity index (χ0v) is 18.3. The van der Waals surface area contributed by atoms with Crippen molar-refractivity contribution in [1.82, 2.24) is 15.2 Å². The molecule has 2 N–H and O–H groups in total. The van der Waals surface area contributed by atoms with Crippen LogP contribution >= 0.6 is 0 Å². The smallest absolute Gasteiger partial charge is 0.186 e. The summed E-state index contributed by atoms with van der Waals surface area (Å²) in [5, 5.41) is 4.56. The van der Waals surface area contributed by atoms with Gasteiger partial charge in [0.15, 0.2) is 5.78 Å². The molecule has 162 valence electrons. The number of hydrogen-bond donors (Lipinski definition) is 2. The van der Waals surface area contributed by atoms with E-state index in [1.54, 1.807) is 0 Å². The maximum absolute atomic E-state index is 13.7. The molecule has 0 unspecified atom stereocenters. The number of likely N-dealkylation sites (tertiary alicyclic amines) is 1. The fourth-order valence-corrected chi connectivity index (χ4v) is 4.72. The number of nitrogens with one attached hydrogen (secondary N) is 2. The van der Waals surface area contributed by atoms with Crippen LogP contribution in [0.2, 0.25) is 0 Å². The molecule has 1 aliphatic rings. The van der Waals surface area contributed by atoms with Gasteiger partial charge in [0.25, 0.3) is 0 Å². The van der Waals surface area contributed by atoms with E-state index in [4.69, 9.17) is 0 Å². The highest BCUT2D eigenvalue weighted by molar-refractivity contribution is 6.10. The first-order valence-corrected chi connectivity index (χ1v) is 11.5. The molecule has 5 rings (SSSR count). The number of hydrogen-bond acceptors (Lipinski definition) is 3. The second kappa shape index (κ2) is 9.51. The van der Waals surface area contributed by atoms with Crippen molar-refractivity contribution < 1.29 is 4.79 Å². The van der Waals surface area contributed by atoms with Gasteiger partial charge < -0.3 is 4.98 Å². The molecular weight excluding hydrogens is 394 g/mol. The van der Waals surface area contributed by atoms with Crippen LogP contribution in [0.15, 0.2) is 85.1 Å². The molecule has 3 aromatic carbocycles. The number of ketones is 1. The molecule has 4 heteroatoms. The lowest BCUT2D eigenvalue weighted by atomic mass is 9.96. The summed E-state index contributed by atoms with van der Waals surface area (Å²) in [6.07, 6.45) is 4.41. The van der Waals surface area contributed by atoms with Crippen molar-refractivity contribution in [3.05, 3.63) is 107 Å². The lowest BCUT2D eigenvalue weighted by Crippen LogP contribution is -2.29. The molecule has 2 heterocycles. The molecule has 4 nitrogen and oxygen atoms in total. The molecule has 0 radical (unpaired) electrons. The summed E-state index contributed by atoms with van der Waals surface area (Å²) in [6.45, 7) is 3.98. The minimum absolute atomic E-state index is 0.0886. The summed E-state index contributed by atoms with van der Waals surface area (Å²) >= 11 is 0. The number of carbonyl (C=O) groups excluding carboxylic acids is 1. The van der Waals surface area contributed by atoms with E-state index in [2.05, 4.69) is 39.5 Å². The minimum Gasteiger partial charge on any atom is -0.360 e. The van der Waals surface area contributed by atoms with E-state index in [0.717, 1.165) is 28.6 Å². The van der Waals surface area contributed by atoms with Gasteiger partial charge in [-0.15, -0.1) is 0 Å². The third-order valence-corrected chi connectivity index (χ3v) is 6.46. The molecule has 0 aliphatic carbocycles. The standard InChI is InChI=1S/C28H29N3O/c32-28(25-19-29-26-15-7-6-14-24(25)26)27(21-10-2-1-3-11-21)30-18-22-12-4-5-13-23(22)20-31-16-8-9-17-31/h1-7,10-15,19,27,29-30H,8-9,16-18,20H2/t27-/m0/s1. The Morgan fingerprint density at radius 1 is 0.875 bits per heavy atom. The first-order chi connectivity index (χ1) is 15.8. The number of H-pyrrole nitrogens is 1. The van der Waals surface area contributed by atoms with Crippen LogP contribution in [-0.2, 0) is 13.1 Å². The van der Waals surface area contributed by atoms with Crippen LogP contribution < -0.4 is 5.32 Å². The number of benzene rings is 3. The Morgan fingerprint density at radius 2 is 1.56 bits per heavy atom. The monoisotopic (exact) mass is 423 g/mol. The topological polar surface area (TPSA) is 48.1 Å². The minimum atomic E-state index is -0.407. The lowest BCUT2D eigenvalue weighted by Gasteiger charge is -2.21. The Hall–Kier alpha value is -3.21. The molecule has 1 aromatic heterocycles. The first kappa shape index (κ1) is 20.7. The first-order valence-electron chi connectivity index (χ1n) is 11.5. The summed E-state index contributed by atoms with van der Waals surface area (Å²) in [5.41, 5.74) is 5.30. The van der Waals surface area contributed by atoms with Crippen molar-refractivity contribution in [3.63, 3.8) is 0 Å². The highest BCUT2D eigenvalue weighted by atomic mass is 16.1. The van der Waals surface area contributed by atoms with Gasteiger partial charge in [-0.1, -0.05) is 72.8 Å². The molecule has 32 heavy (non-hydrogen) atoms. The lowest BCUT2D eigenvalue weighted by molar-refractivity contribution is 0.0943. The molecule has 0 amide bonds. The number of nitrogens with zero attached hydrogens (tertiary/aromatic N) is 1. The summed E-state index contributed by atoms with van der Waals surface area (Å²) in [4.78, 5) is 19.5. The number of Topliss-reactive ketones (excluding diaryl/α,β-unsaturated/α-hetero) is 1. The average molecular weight is 424 g/mol. The van der Waals surface area contributed by atoms with Crippen LogP contribution in [0.5, 0.6) is 0 Å². The van der Waals surface area contributed by atoms with Crippen LogP contribution in [0.3, 0.4) is 0 Å². The fourth-order valence-electron chi connectivity index (χ4n) is 4.72. The normalized spacial score (nSPS) is 15.2. The third kappa shape index (κ3) is 4.38. The van der Waals surface area contributed by atoms with Crippen LogP contribution in [0.25, 0.3) is 10.9 Å². The van der Waals surface area contributed by atoms with Gasteiger partial charge in [-0.3, -0.25) is 15.0 Å². The molecule has 1 atom stereocenters. The Bertz CT molecular complexity index is 1190. The van der Waals surface area contributed by atoms with Crippen molar-refractivity contribution in [3.8, 4) is 0 Å². The van der Waals surface area contributed by atoms with Crippen molar-refractivity contribution >= 4 is 16.7 Å². The summed E-state index contributed by atoms with van der Waals surface area (Å²) < 4.78 is 0. The zero-order chi connectivity index (χ0) is 21.8. The summed E-state index contributed by atoms with van der Waals surface area (Å²) in [6, 6.07) is 26.2. The van der Waals surface area contributed by atoms with Crippen LogP contribution in [0, 0.1) is 0 Å². The van der Waals surface area contributed by atoms with Gasteiger partial charge in [0.2, 0.25) is 0 Å². The number of carbonyl (C=O) groups is 1. The highest BCUT2D eigenvalue weighted by Gasteiger charge is 2.24. The molecule has 4 aromatic rings. The van der Waals surface area contributed by atoms with Crippen molar-refractivity contribution in [1.29, 1.82) is 0 Å². The molecule has 1 fully saturated rings. The van der Waals surface area contributed by atoms with E-state index in [0.29, 0.717) is 6.54 Å². The molecule has 0 bridgehead atoms. The quantitative estimate of drug-likeness (QED) is 0.369. The van der Waals surface area contributed by atoms with Crippen molar-refractivity contribution in [2.24, 2.45) is 0 Å². The SMILES string of the molecule is O=C(c1c[nH]c2ccccc12)[C@@H](NCc1ccccc1CN1CCCC1)c1ccccc1. The molecular formula is C28H29N3O. The molecule has 0 saturated carbocycles. The second-order valence-electron chi connectivity index (χ2n) is 8.59. The van der Waals surface area contributed by atoms with E-state index in [9.17, 15) is 4.79 Å². The Balaban J connectivity index is 1.41. The van der Waals surface area contributed by atoms with Gasteiger partial charge >= 0.3 is 0 Å². The predicted molar refractivity (Wildman–Crippen MR) is 130 cm³/mol. The van der Waals surface area contributed by atoms with Crippen molar-refractivity contribution in [2.75, 3.05) is 13.1 Å². The number of para-hydroxylation sites is 1. The van der Waals surface area contributed by atoms with Gasteiger partial charge in [0, 0.05) is 35.8 Å². The van der Waals surface area contributed by atoms with E-state index in [1.807, 2.05) is 60.8 Å². The van der Waals surface area contributed by atoms with E-state index >= 15 is 0 Å². The summed E-state index contributed by atoms with van der Waals surface area (Å²) in [5.74, 6) is 0.0886. The van der Waals surface area contributed by atoms with Gasteiger partial charge in [0.05, 0.1) is 6.04 Å². The Kier molecular flexibility index (Phi) is 6.15. The fraction of sp³-hybridized carbons (Fsp3) is 0.250. The number of fused-ring (bicyclic) bond motifs is 1. The van der Waals surface area contributed by atoms with E-state index in [-0.39, 0.29) is 5.78 Å². The van der Waals surface area contributed by atoms with E-state index < -0.39 is 6.04 Å². The van der Waals surface area contributed by atoms with Crippen molar-refractivity contribution in [2.45, 2.75) is 32.0 Å². The zero-order valence-electron chi connectivity index (χ0n) is 18.3. The van der Waals surface area contributed by atoms with Gasteiger partial charge in [-0.05, 0) is 48.7 Å².